The van der Waals surface area contributed by atoms with Crippen LogP contribution in [-0.4, -0.2) is 56.3 Å². The first kappa shape index (κ1) is 20.6. The predicted octanol–water partition coefficient (Wildman–Crippen LogP) is 3.03. The van der Waals surface area contributed by atoms with Crippen molar-refractivity contribution in [1.82, 2.24) is 9.88 Å². The number of ether oxygens (including phenoxy) is 4. The molecule has 2 aromatic rings. The molecule has 7 nitrogen and oxygen atoms in total. The Balaban J connectivity index is 1.66. The molecule has 1 aliphatic rings. The lowest BCUT2D eigenvalue weighted by Gasteiger charge is -2.38. The molecule has 1 aromatic carbocycles. The van der Waals surface area contributed by atoms with Gasteiger partial charge < -0.3 is 23.8 Å². The van der Waals surface area contributed by atoms with E-state index in [1.165, 1.54) is 38.4 Å². The van der Waals surface area contributed by atoms with Crippen molar-refractivity contribution in [2.24, 2.45) is 0 Å². The topological polar surface area (TPSA) is 70.1 Å². The third-order valence-corrected chi connectivity index (χ3v) is 4.40. The van der Waals surface area contributed by atoms with E-state index in [9.17, 15) is 18.0 Å². The van der Waals surface area contributed by atoms with E-state index in [1.807, 2.05) is 0 Å². The zero-order valence-electron chi connectivity index (χ0n) is 15.9. The van der Waals surface area contributed by atoms with Gasteiger partial charge in [0.25, 0.3) is 5.91 Å². The van der Waals surface area contributed by atoms with Gasteiger partial charge in [-0.1, -0.05) is 0 Å². The van der Waals surface area contributed by atoms with Crippen molar-refractivity contribution in [3.63, 3.8) is 0 Å². The van der Waals surface area contributed by atoms with Crippen molar-refractivity contribution >= 4 is 5.91 Å². The quantitative estimate of drug-likeness (QED) is 0.727. The summed E-state index contributed by atoms with van der Waals surface area (Å²) in [5, 5.41) is 0. The number of carbonyl (C=O) groups excluding carboxylic acids is 1. The molecule has 1 aromatic heterocycles. The van der Waals surface area contributed by atoms with Crippen molar-refractivity contribution in [1.29, 1.82) is 0 Å². The molecule has 1 aliphatic heterocycles. The Morgan fingerprint density at radius 2 is 1.69 bits per heavy atom. The van der Waals surface area contributed by atoms with Crippen molar-refractivity contribution in [2.45, 2.75) is 12.3 Å². The highest BCUT2D eigenvalue weighted by atomic mass is 19.4. The molecule has 10 heteroatoms. The third kappa shape index (κ3) is 4.30. The highest BCUT2D eigenvalue weighted by Gasteiger charge is 2.35. The molecule has 0 aliphatic carbocycles. The van der Waals surface area contributed by atoms with E-state index in [4.69, 9.17) is 18.9 Å². The Hall–Kier alpha value is -3.17. The van der Waals surface area contributed by atoms with E-state index in [2.05, 4.69) is 4.98 Å². The molecule has 29 heavy (non-hydrogen) atoms. The van der Waals surface area contributed by atoms with Crippen LogP contribution in [0.15, 0.2) is 30.5 Å². The van der Waals surface area contributed by atoms with Gasteiger partial charge in [-0.2, -0.15) is 13.2 Å². The molecular weight excluding hydrogens is 393 g/mol. The lowest BCUT2D eigenvalue weighted by Crippen LogP contribution is -2.56. The van der Waals surface area contributed by atoms with Gasteiger partial charge in [0.2, 0.25) is 11.6 Å². The number of hydrogen-bond donors (Lipinski definition) is 0. The molecule has 1 amide bonds. The first-order chi connectivity index (χ1) is 13.8. The fourth-order valence-electron chi connectivity index (χ4n) is 2.89. The lowest BCUT2D eigenvalue weighted by atomic mass is 10.1. The monoisotopic (exact) mass is 412 g/mol. The third-order valence-electron chi connectivity index (χ3n) is 4.40. The number of hydrogen-bond acceptors (Lipinski definition) is 6. The van der Waals surface area contributed by atoms with Gasteiger partial charge in [0.1, 0.15) is 6.10 Å². The fourth-order valence-corrected chi connectivity index (χ4v) is 2.89. The van der Waals surface area contributed by atoms with E-state index < -0.39 is 17.8 Å². The van der Waals surface area contributed by atoms with Gasteiger partial charge in [-0.25, -0.2) is 4.98 Å². The minimum atomic E-state index is -4.48. The summed E-state index contributed by atoms with van der Waals surface area (Å²) in [6, 6.07) is 4.77. The molecule has 0 N–H and O–H groups in total. The lowest BCUT2D eigenvalue weighted by molar-refractivity contribution is -0.137. The van der Waals surface area contributed by atoms with E-state index >= 15 is 0 Å². The summed E-state index contributed by atoms with van der Waals surface area (Å²) in [5.41, 5.74) is -0.512. The summed E-state index contributed by atoms with van der Waals surface area (Å²) >= 11 is 0. The molecule has 0 bridgehead atoms. The average molecular weight is 412 g/mol. The average Bonchev–Trinajstić information content (AvgIpc) is 2.68. The highest BCUT2D eigenvalue weighted by Crippen LogP contribution is 2.39. The fraction of sp³-hybridized carbons (Fsp3) is 0.368. The number of amides is 1. The summed E-state index contributed by atoms with van der Waals surface area (Å²) < 4.78 is 59.5. The number of rotatable bonds is 6. The van der Waals surface area contributed by atoms with Crippen molar-refractivity contribution in [2.75, 3.05) is 34.4 Å². The maximum absolute atomic E-state index is 12.8. The maximum Gasteiger partial charge on any atom is 0.416 e. The van der Waals surface area contributed by atoms with Gasteiger partial charge in [-0.05, 0) is 18.2 Å². The number of halogens is 3. The number of alkyl halides is 3. The van der Waals surface area contributed by atoms with Gasteiger partial charge in [-0.15, -0.1) is 0 Å². The van der Waals surface area contributed by atoms with Crippen LogP contribution in [0.4, 0.5) is 13.2 Å². The van der Waals surface area contributed by atoms with Crippen LogP contribution in [0.25, 0.3) is 0 Å². The normalized spacial score (nSPS) is 14.2. The number of carbonyl (C=O) groups is 1. The van der Waals surface area contributed by atoms with Crippen LogP contribution in [0.5, 0.6) is 23.1 Å². The smallest absolute Gasteiger partial charge is 0.416 e. The Labute approximate surface area is 164 Å². The second-order valence-corrected chi connectivity index (χ2v) is 6.24. The van der Waals surface area contributed by atoms with Crippen molar-refractivity contribution in [3.05, 3.63) is 41.6 Å². The van der Waals surface area contributed by atoms with Gasteiger partial charge in [0.05, 0.1) is 40.0 Å². The summed E-state index contributed by atoms with van der Waals surface area (Å²) in [6.45, 7) is 0.431. The summed E-state index contributed by atoms with van der Waals surface area (Å²) in [5.74, 6) is 0.631. The molecule has 0 saturated carbocycles. The highest BCUT2D eigenvalue weighted by molar-refractivity contribution is 5.96. The molecule has 156 valence electrons. The number of nitrogens with zero attached hydrogens (tertiary/aromatic N) is 2. The molecule has 1 fully saturated rings. The Kier molecular flexibility index (Phi) is 5.71. The van der Waals surface area contributed by atoms with Crippen LogP contribution >= 0.6 is 0 Å². The second kappa shape index (κ2) is 8.06. The number of likely N-dealkylation sites (tertiary alicyclic amines) is 1. The second-order valence-electron chi connectivity index (χ2n) is 6.24. The molecule has 0 atom stereocenters. The van der Waals surface area contributed by atoms with E-state index in [-0.39, 0.29) is 24.9 Å². The molecule has 1 saturated heterocycles. The summed E-state index contributed by atoms with van der Waals surface area (Å²) in [6.07, 6.45) is -3.89. The zero-order chi connectivity index (χ0) is 21.2. The van der Waals surface area contributed by atoms with Crippen molar-refractivity contribution < 1.29 is 36.9 Å². The Morgan fingerprint density at radius 3 is 2.21 bits per heavy atom. The summed E-state index contributed by atoms with van der Waals surface area (Å²) in [4.78, 5) is 18.0. The summed E-state index contributed by atoms with van der Waals surface area (Å²) in [7, 11) is 4.35. The first-order valence-electron chi connectivity index (χ1n) is 8.56. The van der Waals surface area contributed by atoms with Crippen LogP contribution in [0, 0.1) is 0 Å². The van der Waals surface area contributed by atoms with Crippen LogP contribution in [0.2, 0.25) is 0 Å². The SMILES string of the molecule is COc1cc(C(=O)N2CC(Oc3cc(C(F)(F)F)ccn3)C2)cc(OC)c1OC. The largest absolute Gasteiger partial charge is 0.493 e. The van der Waals surface area contributed by atoms with Crippen LogP contribution in [-0.2, 0) is 6.18 Å². The van der Waals surface area contributed by atoms with Crippen LogP contribution in [0.3, 0.4) is 0 Å². The van der Waals surface area contributed by atoms with Crippen molar-refractivity contribution in [3.8, 4) is 23.1 Å². The predicted molar refractivity (Wildman–Crippen MR) is 95.7 cm³/mol. The minimum absolute atomic E-state index is 0.135. The molecule has 0 spiro atoms. The molecule has 2 heterocycles. The number of pyridine rings is 1. The van der Waals surface area contributed by atoms with Gasteiger partial charge in [0.15, 0.2) is 11.5 Å². The number of methoxy groups -OCH3 is 3. The van der Waals surface area contributed by atoms with Gasteiger partial charge in [-0.3, -0.25) is 4.79 Å². The minimum Gasteiger partial charge on any atom is -0.493 e. The van der Waals surface area contributed by atoms with Gasteiger partial charge in [0, 0.05) is 17.8 Å². The maximum atomic E-state index is 12.8. The standard InChI is InChI=1S/C19H19F3N2O5/c1-26-14-6-11(7-15(27-2)17(14)28-3)18(25)24-9-13(10-24)29-16-8-12(4-5-23-16)19(20,21)22/h4-8,13H,9-10H2,1-3H3. The van der Waals surface area contributed by atoms with E-state index in [0.29, 0.717) is 22.8 Å². The number of aromatic nitrogens is 1. The molecule has 0 radical (unpaired) electrons. The molecule has 3 rings (SSSR count). The van der Waals surface area contributed by atoms with E-state index in [1.54, 1.807) is 0 Å². The first-order valence-corrected chi connectivity index (χ1v) is 8.56. The van der Waals surface area contributed by atoms with Crippen LogP contribution in [0.1, 0.15) is 15.9 Å². The molecule has 0 unspecified atom stereocenters. The number of benzene rings is 1. The van der Waals surface area contributed by atoms with Gasteiger partial charge >= 0.3 is 6.18 Å². The molecular formula is C19H19F3N2O5. The Bertz CT molecular complexity index is 873. The zero-order valence-corrected chi connectivity index (χ0v) is 15.9. The Morgan fingerprint density at radius 1 is 1.07 bits per heavy atom. The van der Waals surface area contributed by atoms with E-state index in [0.717, 1.165) is 18.3 Å². The van der Waals surface area contributed by atoms with Crippen LogP contribution < -0.4 is 18.9 Å².